The average molecular weight is 316 g/mol. The summed E-state index contributed by atoms with van der Waals surface area (Å²) in [6.45, 7) is 9.30. The van der Waals surface area contributed by atoms with Crippen LogP contribution >= 0.6 is 0 Å². The van der Waals surface area contributed by atoms with Crippen LogP contribution in [0.2, 0.25) is 0 Å². The van der Waals surface area contributed by atoms with Crippen LogP contribution in [-0.4, -0.2) is 18.5 Å². The molecule has 1 fully saturated rings. The van der Waals surface area contributed by atoms with Crippen molar-refractivity contribution < 1.29 is 4.79 Å². The van der Waals surface area contributed by atoms with Gasteiger partial charge < -0.3 is 10.6 Å². The molecule has 0 saturated heterocycles. The molecule has 0 unspecified atom stereocenters. The molecule has 1 aromatic rings. The summed E-state index contributed by atoms with van der Waals surface area (Å²) in [5.74, 6) is 1.47. The lowest BCUT2D eigenvalue weighted by molar-refractivity contribution is -0.115. The Morgan fingerprint density at radius 2 is 1.78 bits per heavy atom. The Morgan fingerprint density at radius 3 is 2.39 bits per heavy atom. The number of benzene rings is 1. The van der Waals surface area contributed by atoms with Crippen LogP contribution in [-0.2, 0) is 17.6 Å². The molecular formula is C20H32N2O. The first kappa shape index (κ1) is 18.0. The van der Waals surface area contributed by atoms with Crippen LogP contribution in [0.1, 0.15) is 58.1 Å². The minimum Gasteiger partial charge on any atom is -0.324 e. The van der Waals surface area contributed by atoms with Gasteiger partial charge >= 0.3 is 0 Å². The molecule has 2 rings (SSSR count). The van der Waals surface area contributed by atoms with E-state index < -0.39 is 0 Å². The summed E-state index contributed by atoms with van der Waals surface area (Å²) in [7, 11) is 0. The van der Waals surface area contributed by atoms with Crippen molar-refractivity contribution in [1.82, 2.24) is 5.32 Å². The Labute approximate surface area is 141 Å². The van der Waals surface area contributed by atoms with Crippen LogP contribution in [0.3, 0.4) is 0 Å². The predicted octanol–water partition coefficient (Wildman–Crippen LogP) is 4.16. The maximum Gasteiger partial charge on any atom is 0.238 e. The lowest BCUT2D eigenvalue weighted by Crippen LogP contribution is -2.43. The lowest BCUT2D eigenvalue weighted by atomic mass is 9.78. The zero-order valence-electron chi connectivity index (χ0n) is 15.1. The van der Waals surface area contributed by atoms with Crippen molar-refractivity contribution >= 4 is 11.6 Å². The summed E-state index contributed by atoms with van der Waals surface area (Å²) in [6.07, 6.45) is 5.64. The standard InChI is InChI=1S/C20H32N2O/c1-5-16-10-8-11-17(6-2)20(16)22-19(23)13-21-18-12-7-9-14(3)15(18)4/h8,10-11,14-15,18,21H,5-7,9,12-13H2,1-4H3,(H,22,23)/t14-,15+,18+/m1/s1. The molecule has 1 amide bonds. The van der Waals surface area contributed by atoms with Crippen molar-refractivity contribution in [3.8, 4) is 0 Å². The van der Waals surface area contributed by atoms with E-state index in [-0.39, 0.29) is 5.91 Å². The van der Waals surface area contributed by atoms with Crippen LogP contribution in [0.4, 0.5) is 5.69 Å². The van der Waals surface area contributed by atoms with Crippen molar-refractivity contribution in [3.63, 3.8) is 0 Å². The van der Waals surface area contributed by atoms with Gasteiger partial charge in [0, 0.05) is 11.7 Å². The van der Waals surface area contributed by atoms with Gasteiger partial charge in [-0.25, -0.2) is 0 Å². The molecule has 0 bridgehead atoms. The maximum absolute atomic E-state index is 12.4. The van der Waals surface area contributed by atoms with Crippen molar-refractivity contribution in [2.45, 2.75) is 65.8 Å². The van der Waals surface area contributed by atoms with Crippen LogP contribution in [0, 0.1) is 11.8 Å². The molecule has 0 radical (unpaired) electrons. The van der Waals surface area contributed by atoms with Gasteiger partial charge in [-0.05, 0) is 42.2 Å². The molecule has 2 N–H and O–H groups in total. The Morgan fingerprint density at radius 1 is 1.13 bits per heavy atom. The van der Waals surface area contributed by atoms with Gasteiger partial charge in [-0.15, -0.1) is 0 Å². The average Bonchev–Trinajstić information content (AvgIpc) is 2.56. The molecule has 3 heteroatoms. The third kappa shape index (κ3) is 4.57. The highest BCUT2D eigenvalue weighted by atomic mass is 16.1. The second kappa shape index (κ2) is 8.49. The summed E-state index contributed by atoms with van der Waals surface area (Å²) in [4.78, 5) is 12.4. The second-order valence-corrected chi connectivity index (χ2v) is 6.96. The SMILES string of the molecule is CCc1cccc(CC)c1NC(=O)CN[C@H]1CCC[C@@H](C)[C@@H]1C. The number of amides is 1. The van der Waals surface area contributed by atoms with E-state index in [1.807, 2.05) is 0 Å². The van der Waals surface area contributed by atoms with Crippen molar-refractivity contribution in [3.05, 3.63) is 29.3 Å². The van der Waals surface area contributed by atoms with E-state index in [2.05, 4.69) is 56.5 Å². The molecular weight excluding hydrogens is 284 g/mol. The van der Waals surface area contributed by atoms with E-state index in [4.69, 9.17) is 0 Å². The fraction of sp³-hybridized carbons (Fsp3) is 0.650. The number of hydrogen-bond donors (Lipinski definition) is 2. The Hall–Kier alpha value is -1.35. The largest absolute Gasteiger partial charge is 0.324 e. The maximum atomic E-state index is 12.4. The second-order valence-electron chi connectivity index (χ2n) is 6.96. The molecule has 1 saturated carbocycles. The van der Waals surface area contributed by atoms with Crippen molar-refractivity contribution in [2.75, 3.05) is 11.9 Å². The van der Waals surface area contributed by atoms with Gasteiger partial charge in [0.15, 0.2) is 0 Å². The van der Waals surface area contributed by atoms with E-state index in [1.54, 1.807) is 0 Å². The Balaban J connectivity index is 1.95. The van der Waals surface area contributed by atoms with Crippen LogP contribution < -0.4 is 10.6 Å². The monoisotopic (exact) mass is 316 g/mol. The normalized spacial score (nSPS) is 24.4. The molecule has 0 spiro atoms. The highest BCUT2D eigenvalue weighted by Gasteiger charge is 2.27. The first-order valence-corrected chi connectivity index (χ1v) is 9.20. The number of rotatable bonds is 6. The minimum absolute atomic E-state index is 0.0750. The topological polar surface area (TPSA) is 41.1 Å². The predicted molar refractivity (Wildman–Crippen MR) is 97.8 cm³/mol. The quantitative estimate of drug-likeness (QED) is 0.827. The van der Waals surface area contributed by atoms with E-state index >= 15 is 0 Å². The molecule has 1 aromatic carbocycles. The summed E-state index contributed by atoms with van der Waals surface area (Å²) < 4.78 is 0. The molecule has 0 aliphatic heterocycles. The van der Waals surface area contributed by atoms with E-state index in [1.165, 1.54) is 30.4 Å². The molecule has 128 valence electrons. The van der Waals surface area contributed by atoms with Gasteiger partial charge in [0.1, 0.15) is 0 Å². The smallest absolute Gasteiger partial charge is 0.238 e. The first-order chi connectivity index (χ1) is 11.1. The van der Waals surface area contributed by atoms with Crippen molar-refractivity contribution in [2.24, 2.45) is 11.8 Å². The molecule has 0 aromatic heterocycles. The number of carbonyl (C=O) groups excluding carboxylic acids is 1. The number of para-hydroxylation sites is 1. The Kier molecular flexibility index (Phi) is 6.64. The van der Waals surface area contributed by atoms with E-state index in [0.29, 0.717) is 18.5 Å². The molecule has 3 nitrogen and oxygen atoms in total. The van der Waals surface area contributed by atoms with E-state index in [0.717, 1.165) is 24.4 Å². The summed E-state index contributed by atoms with van der Waals surface area (Å²) in [5.41, 5.74) is 3.46. The van der Waals surface area contributed by atoms with Crippen LogP contribution in [0.15, 0.2) is 18.2 Å². The third-order valence-corrected chi connectivity index (χ3v) is 5.49. The van der Waals surface area contributed by atoms with Gasteiger partial charge in [0.05, 0.1) is 6.54 Å². The summed E-state index contributed by atoms with van der Waals surface area (Å²) >= 11 is 0. The Bertz CT molecular complexity index is 504. The zero-order valence-corrected chi connectivity index (χ0v) is 15.1. The highest BCUT2D eigenvalue weighted by Crippen LogP contribution is 2.29. The van der Waals surface area contributed by atoms with Gasteiger partial charge in [-0.2, -0.15) is 0 Å². The summed E-state index contributed by atoms with van der Waals surface area (Å²) in [6, 6.07) is 6.76. The van der Waals surface area contributed by atoms with Gasteiger partial charge in [0.25, 0.3) is 0 Å². The summed E-state index contributed by atoms with van der Waals surface area (Å²) in [5, 5.41) is 6.63. The highest BCUT2D eigenvalue weighted by molar-refractivity contribution is 5.93. The van der Waals surface area contributed by atoms with Crippen molar-refractivity contribution in [1.29, 1.82) is 0 Å². The van der Waals surface area contributed by atoms with Crippen LogP contribution in [0.5, 0.6) is 0 Å². The third-order valence-electron chi connectivity index (χ3n) is 5.49. The molecule has 3 atom stereocenters. The number of carbonyl (C=O) groups is 1. The van der Waals surface area contributed by atoms with Gasteiger partial charge in [-0.1, -0.05) is 58.7 Å². The molecule has 23 heavy (non-hydrogen) atoms. The van der Waals surface area contributed by atoms with Gasteiger partial charge in [0.2, 0.25) is 5.91 Å². The lowest BCUT2D eigenvalue weighted by Gasteiger charge is -2.34. The number of hydrogen-bond acceptors (Lipinski definition) is 2. The fourth-order valence-electron chi connectivity index (χ4n) is 3.68. The molecule has 1 aliphatic rings. The molecule has 1 aliphatic carbocycles. The minimum atomic E-state index is 0.0750. The number of anilines is 1. The van der Waals surface area contributed by atoms with Gasteiger partial charge in [-0.3, -0.25) is 4.79 Å². The van der Waals surface area contributed by atoms with Crippen LogP contribution in [0.25, 0.3) is 0 Å². The first-order valence-electron chi connectivity index (χ1n) is 9.20. The fourth-order valence-corrected chi connectivity index (χ4v) is 3.68. The van der Waals surface area contributed by atoms with E-state index in [9.17, 15) is 4.79 Å². The number of nitrogens with one attached hydrogen (secondary N) is 2. The molecule has 0 heterocycles. The zero-order chi connectivity index (χ0) is 16.8. The number of aryl methyl sites for hydroxylation is 2.